The minimum absolute atomic E-state index is 0.131. The molecule has 3 nitrogen and oxygen atoms in total. The minimum atomic E-state index is -0.131. The maximum atomic E-state index is 8.87. The molecule has 3 heteroatoms. The Labute approximate surface area is 127 Å². The molecule has 21 heavy (non-hydrogen) atoms. The molecule has 0 unspecified atom stereocenters. The highest BCUT2D eigenvalue weighted by molar-refractivity contribution is 5.48. The van der Waals surface area contributed by atoms with Gasteiger partial charge in [-0.15, -0.1) is 0 Å². The van der Waals surface area contributed by atoms with Crippen molar-refractivity contribution < 1.29 is 9.84 Å². The van der Waals surface area contributed by atoms with Gasteiger partial charge < -0.3 is 9.84 Å². The van der Waals surface area contributed by atoms with E-state index in [9.17, 15) is 0 Å². The second-order valence-electron chi connectivity index (χ2n) is 5.80. The molecule has 1 fully saturated rings. The first-order valence-electron chi connectivity index (χ1n) is 7.68. The molecule has 1 saturated heterocycles. The van der Waals surface area contributed by atoms with Gasteiger partial charge in [-0.3, -0.25) is 4.90 Å². The van der Waals surface area contributed by atoms with E-state index in [1.54, 1.807) is 7.11 Å². The van der Waals surface area contributed by atoms with Crippen molar-refractivity contribution in [3.05, 3.63) is 29.3 Å². The molecule has 2 rings (SSSR count). The summed E-state index contributed by atoms with van der Waals surface area (Å²) < 4.78 is 5.33. The van der Waals surface area contributed by atoms with E-state index in [1.807, 2.05) is 6.07 Å². The van der Waals surface area contributed by atoms with Crippen molar-refractivity contribution in [1.82, 2.24) is 4.90 Å². The van der Waals surface area contributed by atoms with Crippen LogP contribution in [-0.4, -0.2) is 35.8 Å². The summed E-state index contributed by atoms with van der Waals surface area (Å²) >= 11 is 0. The highest BCUT2D eigenvalue weighted by atomic mass is 16.5. The molecule has 1 aromatic rings. The Balaban J connectivity index is 2.20. The van der Waals surface area contributed by atoms with Gasteiger partial charge >= 0.3 is 0 Å². The van der Waals surface area contributed by atoms with E-state index < -0.39 is 0 Å². The van der Waals surface area contributed by atoms with Crippen molar-refractivity contribution >= 4 is 0 Å². The van der Waals surface area contributed by atoms with Gasteiger partial charge in [-0.2, -0.15) is 0 Å². The fourth-order valence-corrected chi connectivity index (χ4v) is 3.08. The summed E-state index contributed by atoms with van der Waals surface area (Å²) in [6, 6.07) is 7.41. The van der Waals surface area contributed by atoms with Crippen molar-refractivity contribution in [3.63, 3.8) is 0 Å². The third-order valence-electron chi connectivity index (χ3n) is 4.31. The molecule has 114 valence electrons. The van der Waals surface area contributed by atoms with Crippen LogP contribution in [0, 0.1) is 11.8 Å². The number of hydrogen-bond acceptors (Lipinski definition) is 3. The van der Waals surface area contributed by atoms with E-state index in [1.165, 1.54) is 24.8 Å². The normalized spacial score (nSPS) is 22.5. The number of methoxy groups -OCH3 is 1. The van der Waals surface area contributed by atoms with Gasteiger partial charge in [0.1, 0.15) is 12.4 Å². The van der Waals surface area contributed by atoms with Crippen LogP contribution < -0.4 is 4.74 Å². The van der Waals surface area contributed by atoms with Crippen LogP contribution in [0.25, 0.3) is 0 Å². The summed E-state index contributed by atoms with van der Waals surface area (Å²) in [7, 11) is 1.65. The topological polar surface area (TPSA) is 32.7 Å². The molecule has 1 aliphatic heterocycles. The molecule has 0 radical (unpaired) electrons. The van der Waals surface area contributed by atoms with Gasteiger partial charge in [0.25, 0.3) is 0 Å². The summed E-state index contributed by atoms with van der Waals surface area (Å²) in [6.45, 7) is 5.44. The third-order valence-corrected chi connectivity index (χ3v) is 4.31. The van der Waals surface area contributed by atoms with E-state index in [0.29, 0.717) is 12.1 Å². The first-order valence-corrected chi connectivity index (χ1v) is 7.68. The van der Waals surface area contributed by atoms with E-state index in [4.69, 9.17) is 9.84 Å². The van der Waals surface area contributed by atoms with Gasteiger partial charge in [-0.25, -0.2) is 0 Å². The second-order valence-corrected chi connectivity index (χ2v) is 5.80. The number of ether oxygens (including phenoxy) is 1. The molecule has 0 aromatic heterocycles. The molecule has 1 heterocycles. The molecule has 2 atom stereocenters. The van der Waals surface area contributed by atoms with Crippen LogP contribution in [0.15, 0.2) is 18.2 Å². The summed E-state index contributed by atoms with van der Waals surface area (Å²) in [5.41, 5.74) is 2.10. The number of rotatable bonds is 3. The molecule has 1 aromatic carbocycles. The van der Waals surface area contributed by atoms with Crippen LogP contribution in [0.1, 0.15) is 44.2 Å². The Morgan fingerprint density at radius 1 is 1.29 bits per heavy atom. The van der Waals surface area contributed by atoms with Crippen LogP contribution in [0.4, 0.5) is 0 Å². The SMILES string of the molecule is COc1ccc(CN2[C@H](C)CCC[C@@H]2C)cc1C#CCO. The minimum Gasteiger partial charge on any atom is -0.495 e. The lowest BCUT2D eigenvalue weighted by molar-refractivity contribution is 0.0952. The van der Waals surface area contributed by atoms with Crippen LogP contribution >= 0.6 is 0 Å². The quantitative estimate of drug-likeness (QED) is 0.868. The molecule has 0 aliphatic carbocycles. The van der Waals surface area contributed by atoms with Crippen molar-refractivity contribution in [3.8, 4) is 17.6 Å². The fraction of sp³-hybridized carbons (Fsp3) is 0.556. The fourth-order valence-electron chi connectivity index (χ4n) is 3.08. The molecule has 0 bridgehead atoms. The third kappa shape index (κ3) is 4.00. The summed E-state index contributed by atoms with van der Waals surface area (Å²) in [4.78, 5) is 2.56. The second kappa shape index (κ2) is 7.49. The van der Waals surface area contributed by atoms with Crippen LogP contribution in [-0.2, 0) is 6.54 Å². The monoisotopic (exact) mass is 287 g/mol. The molecule has 0 amide bonds. The first kappa shape index (κ1) is 15.9. The smallest absolute Gasteiger partial charge is 0.134 e. The van der Waals surface area contributed by atoms with Gasteiger partial charge in [-0.05, 0) is 44.4 Å². The van der Waals surface area contributed by atoms with Gasteiger partial charge in [0, 0.05) is 18.6 Å². The highest BCUT2D eigenvalue weighted by Crippen LogP contribution is 2.26. The summed E-state index contributed by atoms with van der Waals surface area (Å²) in [5.74, 6) is 6.43. The van der Waals surface area contributed by atoms with Crippen LogP contribution in [0.2, 0.25) is 0 Å². The standard InChI is InChI=1S/C18H25NO2/c1-14-6-4-7-15(2)19(14)13-16-9-10-18(21-3)17(12-16)8-5-11-20/h9-10,12,14-15,20H,4,6-7,11,13H2,1-3H3/t14-,15+. The Morgan fingerprint density at radius 3 is 2.62 bits per heavy atom. The Hall–Kier alpha value is -1.50. The molecule has 1 N–H and O–H groups in total. The average Bonchev–Trinajstić information content (AvgIpc) is 2.49. The molecule has 1 aliphatic rings. The number of hydrogen-bond donors (Lipinski definition) is 1. The Kier molecular flexibility index (Phi) is 5.67. The number of piperidine rings is 1. The lowest BCUT2D eigenvalue weighted by atomic mass is 9.96. The van der Waals surface area contributed by atoms with E-state index in [-0.39, 0.29) is 6.61 Å². The summed E-state index contributed by atoms with van der Waals surface area (Å²) in [6.07, 6.45) is 3.88. The molecule has 0 spiro atoms. The summed E-state index contributed by atoms with van der Waals surface area (Å²) in [5, 5.41) is 8.87. The number of aliphatic hydroxyl groups excluding tert-OH is 1. The maximum Gasteiger partial charge on any atom is 0.134 e. The number of likely N-dealkylation sites (tertiary alicyclic amines) is 1. The predicted octanol–water partition coefficient (Wildman–Crippen LogP) is 2.80. The number of aliphatic hydroxyl groups is 1. The lowest BCUT2D eigenvalue weighted by Crippen LogP contribution is -2.42. The van der Waals surface area contributed by atoms with E-state index in [0.717, 1.165) is 17.9 Å². The van der Waals surface area contributed by atoms with Crippen molar-refractivity contribution in [2.24, 2.45) is 0 Å². The zero-order valence-electron chi connectivity index (χ0n) is 13.2. The molecular formula is C18H25NO2. The van der Waals surface area contributed by atoms with Crippen molar-refractivity contribution in [1.29, 1.82) is 0 Å². The molecule has 0 saturated carbocycles. The Bertz CT molecular complexity index is 520. The van der Waals surface area contributed by atoms with Gasteiger partial charge in [0.05, 0.1) is 12.7 Å². The number of nitrogens with zero attached hydrogens (tertiary/aromatic N) is 1. The molecular weight excluding hydrogens is 262 g/mol. The van der Waals surface area contributed by atoms with Crippen molar-refractivity contribution in [2.45, 2.75) is 51.7 Å². The number of benzene rings is 1. The lowest BCUT2D eigenvalue weighted by Gasteiger charge is -2.39. The first-order chi connectivity index (χ1) is 10.2. The van der Waals surface area contributed by atoms with Gasteiger partial charge in [-0.1, -0.05) is 24.3 Å². The van der Waals surface area contributed by atoms with Crippen LogP contribution in [0.5, 0.6) is 5.75 Å². The zero-order valence-corrected chi connectivity index (χ0v) is 13.2. The maximum absolute atomic E-state index is 8.87. The van der Waals surface area contributed by atoms with E-state index >= 15 is 0 Å². The van der Waals surface area contributed by atoms with E-state index in [2.05, 4.69) is 42.7 Å². The predicted molar refractivity (Wildman–Crippen MR) is 85.3 cm³/mol. The van der Waals surface area contributed by atoms with Crippen molar-refractivity contribution in [2.75, 3.05) is 13.7 Å². The highest BCUT2D eigenvalue weighted by Gasteiger charge is 2.24. The zero-order chi connectivity index (χ0) is 15.2. The van der Waals surface area contributed by atoms with Gasteiger partial charge in [0.2, 0.25) is 0 Å². The van der Waals surface area contributed by atoms with Gasteiger partial charge in [0.15, 0.2) is 0 Å². The Morgan fingerprint density at radius 2 is 2.00 bits per heavy atom. The largest absolute Gasteiger partial charge is 0.495 e. The van der Waals surface area contributed by atoms with Crippen LogP contribution in [0.3, 0.4) is 0 Å². The average molecular weight is 287 g/mol.